The Bertz CT molecular complexity index is 729. The number of rotatable bonds is 5. The summed E-state index contributed by atoms with van der Waals surface area (Å²) in [6.45, 7) is 5.62. The Morgan fingerprint density at radius 3 is 2.48 bits per heavy atom. The van der Waals surface area contributed by atoms with Gasteiger partial charge in [-0.25, -0.2) is 0 Å². The van der Waals surface area contributed by atoms with Crippen molar-refractivity contribution in [1.29, 1.82) is 0 Å². The number of ether oxygens (including phenoxy) is 1. The van der Waals surface area contributed by atoms with Gasteiger partial charge in [-0.2, -0.15) is 5.10 Å². The first-order chi connectivity index (χ1) is 10.3. The number of aryl methyl sites for hydroxylation is 2. The van der Waals surface area contributed by atoms with E-state index in [4.69, 9.17) is 4.74 Å². The third-order valence-corrected chi connectivity index (χ3v) is 3.74. The van der Waals surface area contributed by atoms with Crippen molar-refractivity contribution in [3.8, 4) is 5.75 Å². The summed E-state index contributed by atoms with van der Waals surface area (Å²) >= 11 is 0. The summed E-state index contributed by atoms with van der Waals surface area (Å²) in [6, 6.07) is 16.6. The van der Waals surface area contributed by atoms with Crippen LogP contribution in [0, 0.1) is 0 Å². The minimum atomic E-state index is 0.499. The lowest BCUT2D eigenvalue weighted by Gasteiger charge is -2.05. The van der Waals surface area contributed by atoms with Crippen LogP contribution in [0.4, 0.5) is 0 Å². The molecule has 1 aromatic heterocycles. The van der Waals surface area contributed by atoms with E-state index in [0.717, 1.165) is 24.4 Å². The van der Waals surface area contributed by atoms with Crippen LogP contribution in [0.25, 0.3) is 10.9 Å². The molecule has 108 valence electrons. The highest BCUT2D eigenvalue weighted by molar-refractivity contribution is 5.81. The smallest absolute Gasteiger partial charge is 0.133 e. The predicted molar refractivity (Wildman–Crippen MR) is 85.6 cm³/mol. The Morgan fingerprint density at radius 1 is 1.00 bits per heavy atom. The van der Waals surface area contributed by atoms with E-state index in [1.807, 2.05) is 28.9 Å². The highest BCUT2D eigenvalue weighted by Gasteiger charge is 2.09. The maximum atomic E-state index is 5.88. The molecule has 0 bridgehead atoms. The molecule has 0 aliphatic heterocycles. The van der Waals surface area contributed by atoms with E-state index in [1.165, 1.54) is 16.5 Å². The fourth-order valence-electron chi connectivity index (χ4n) is 2.52. The molecule has 3 heteroatoms. The fourth-order valence-corrected chi connectivity index (χ4v) is 2.52. The van der Waals surface area contributed by atoms with Gasteiger partial charge in [-0.05, 0) is 37.1 Å². The van der Waals surface area contributed by atoms with Gasteiger partial charge in [0.25, 0.3) is 0 Å². The van der Waals surface area contributed by atoms with Crippen molar-refractivity contribution in [3.63, 3.8) is 0 Å². The number of nitrogens with zero attached hydrogens (tertiary/aromatic N) is 2. The van der Waals surface area contributed by atoms with Crippen LogP contribution in [0.1, 0.15) is 25.1 Å². The van der Waals surface area contributed by atoms with E-state index in [1.54, 1.807) is 0 Å². The van der Waals surface area contributed by atoms with Gasteiger partial charge in [-0.1, -0.05) is 37.3 Å². The van der Waals surface area contributed by atoms with Crippen LogP contribution >= 0.6 is 0 Å². The van der Waals surface area contributed by atoms with Crippen molar-refractivity contribution in [3.05, 3.63) is 59.8 Å². The maximum absolute atomic E-state index is 5.88. The number of fused-ring (bicyclic) bond motifs is 1. The molecule has 0 atom stereocenters. The average molecular weight is 280 g/mol. The van der Waals surface area contributed by atoms with E-state index in [9.17, 15) is 0 Å². The van der Waals surface area contributed by atoms with Crippen molar-refractivity contribution >= 4 is 10.9 Å². The Labute approximate surface area is 125 Å². The molecule has 21 heavy (non-hydrogen) atoms. The molecule has 0 saturated carbocycles. The molecule has 0 amide bonds. The highest BCUT2D eigenvalue weighted by atomic mass is 16.5. The van der Waals surface area contributed by atoms with E-state index in [2.05, 4.69) is 43.2 Å². The topological polar surface area (TPSA) is 27.1 Å². The average Bonchev–Trinajstić information content (AvgIpc) is 2.91. The van der Waals surface area contributed by atoms with Crippen molar-refractivity contribution in [2.24, 2.45) is 0 Å². The van der Waals surface area contributed by atoms with E-state index >= 15 is 0 Å². The zero-order valence-electron chi connectivity index (χ0n) is 12.5. The molecule has 0 aliphatic rings. The number of hydrogen-bond acceptors (Lipinski definition) is 2. The van der Waals surface area contributed by atoms with E-state index < -0.39 is 0 Å². The molecule has 0 spiro atoms. The van der Waals surface area contributed by atoms with Gasteiger partial charge in [-0.15, -0.1) is 0 Å². The summed E-state index contributed by atoms with van der Waals surface area (Å²) in [5.74, 6) is 0.891. The second-order valence-electron chi connectivity index (χ2n) is 5.07. The van der Waals surface area contributed by atoms with Gasteiger partial charge >= 0.3 is 0 Å². The highest BCUT2D eigenvalue weighted by Crippen LogP contribution is 2.20. The van der Waals surface area contributed by atoms with Crippen LogP contribution in [0.3, 0.4) is 0 Å². The van der Waals surface area contributed by atoms with E-state index in [-0.39, 0.29) is 0 Å². The third-order valence-electron chi connectivity index (χ3n) is 3.74. The van der Waals surface area contributed by atoms with Gasteiger partial charge in [0.15, 0.2) is 0 Å². The van der Waals surface area contributed by atoms with Crippen LogP contribution in [0.15, 0.2) is 48.5 Å². The van der Waals surface area contributed by atoms with Crippen molar-refractivity contribution in [2.75, 3.05) is 0 Å². The molecule has 3 nitrogen and oxygen atoms in total. The number of benzene rings is 2. The molecule has 0 saturated heterocycles. The van der Waals surface area contributed by atoms with Gasteiger partial charge in [0.1, 0.15) is 18.1 Å². The first kappa shape index (κ1) is 13.7. The zero-order valence-corrected chi connectivity index (χ0v) is 12.5. The van der Waals surface area contributed by atoms with Crippen LogP contribution in [-0.4, -0.2) is 9.78 Å². The minimum Gasteiger partial charge on any atom is -0.487 e. The summed E-state index contributed by atoms with van der Waals surface area (Å²) in [5, 5.41) is 5.82. The van der Waals surface area contributed by atoms with Gasteiger partial charge < -0.3 is 4.74 Å². The zero-order chi connectivity index (χ0) is 14.7. The molecule has 3 aromatic rings. The molecule has 3 rings (SSSR count). The van der Waals surface area contributed by atoms with Gasteiger partial charge in [0.2, 0.25) is 0 Å². The first-order valence-electron chi connectivity index (χ1n) is 7.48. The Morgan fingerprint density at radius 2 is 1.76 bits per heavy atom. The number of aromatic nitrogens is 2. The summed E-state index contributed by atoms with van der Waals surface area (Å²) < 4.78 is 7.90. The summed E-state index contributed by atoms with van der Waals surface area (Å²) in [5.41, 5.74) is 3.48. The fraction of sp³-hybridized carbons (Fsp3) is 0.278. The molecule has 0 aliphatic carbocycles. The van der Waals surface area contributed by atoms with Crippen molar-refractivity contribution < 1.29 is 4.74 Å². The molecule has 1 heterocycles. The molecule has 0 N–H and O–H groups in total. The van der Waals surface area contributed by atoms with Crippen LogP contribution in [-0.2, 0) is 19.6 Å². The summed E-state index contributed by atoms with van der Waals surface area (Å²) in [4.78, 5) is 0. The maximum Gasteiger partial charge on any atom is 0.133 e. The standard InChI is InChI=1S/C18H20N2O/c1-3-14-9-11-15(12-10-14)21-13-17-16-7-5-6-8-18(16)20(4-2)19-17/h5-12H,3-4,13H2,1-2H3. The quantitative estimate of drug-likeness (QED) is 0.700. The van der Waals surface area contributed by atoms with Gasteiger partial charge in [-0.3, -0.25) is 4.68 Å². The molecule has 2 aromatic carbocycles. The lowest BCUT2D eigenvalue weighted by molar-refractivity contribution is 0.301. The molecule has 0 unspecified atom stereocenters. The lowest BCUT2D eigenvalue weighted by atomic mass is 10.2. The Balaban J connectivity index is 1.81. The predicted octanol–water partition coefficient (Wildman–Crippen LogP) is 4.20. The Hall–Kier alpha value is -2.29. The monoisotopic (exact) mass is 280 g/mol. The minimum absolute atomic E-state index is 0.499. The molecular weight excluding hydrogens is 260 g/mol. The number of hydrogen-bond donors (Lipinski definition) is 0. The number of para-hydroxylation sites is 1. The molecule has 0 radical (unpaired) electrons. The second kappa shape index (κ2) is 6.00. The van der Waals surface area contributed by atoms with Crippen molar-refractivity contribution in [1.82, 2.24) is 9.78 Å². The van der Waals surface area contributed by atoms with Gasteiger partial charge in [0.05, 0.1) is 5.52 Å². The van der Waals surface area contributed by atoms with Gasteiger partial charge in [0, 0.05) is 11.9 Å². The third kappa shape index (κ3) is 2.77. The second-order valence-corrected chi connectivity index (χ2v) is 5.07. The summed E-state index contributed by atoms with van der Waals surface area (Å²) in [7, 11) is 0. The molecule has 0 fully saturated rings. The Kier molecular flexibility index (Phi) is 3.91. The van der Waals surface area contributed by atoms with Crippen molar-refractivity contribution in [2.45, 2.75) is 33.4 Å². The summed E-state index contributed by atoms with van der Waals surface area (Å²) in [6.07, 6.45) is 1.05. The lowest BCUT2D eigenvalue weighted by Crippen LogP contribution is -2.00. The normalized spacial score (nSPS) is 11.0. The van der Waals surface area contributed by atoms with Crippen LogP contribution in [0.2, 0.25) is 0 Å². The molecular formula is C18H20N2O. The van der Waals surface area contributed by atoms with Crippen LogP contribution in [0.5, 0.6) is 5.75 Å². The SMILES string of the molecule is CCc1ccc(OCc2nn(CC)c3ccccc23)cc1. The first-order valence-corrected chi connectivity index (χ1v) is 7.48. The van der Waals surface area contributed by atoms with E-state index in [0.29, 0.717) is 6.61 Å². The van der Waals surface area contributed by atoms with Crippen LogP contribution < -0.4 is 4.74 Å². The largest absolute Gasteiger partial charge is 0.487 e.